The molecule has 0 fully saturated rings. The molecule has 1 aliphatic rings. The van der Waals surface area contributed by atoms with E-state index in [1.807, 2.05) is 12.1 Å². The van der Waals surface area contributed by atoms with Crippen molar-refractivity contribution in [2.24, 2.45) is 0 Å². The quantitative estimate of drug-likeness (QED) is 0.698. The highest BCUT2D eigenvalue weighted by molar-refractivity contribution is 7.80. The van der Waals surface area contributed by atoms with Gasteiger partial charge in [0, 0.05) is 24.2 Å². The highest BCUT2D eigenvalue weighted by Crippen LogP contribution is 2.23. The molecule has 0 bridgehead atoms. The zero-order valence-corrected chi connectivity index (χ0v) is 15.8. The number of hydrogen-bond acceptors (Lipinski definition) is 3. The maximum absolute atomic E-state index is 5.34. The smallest absolute Gasteiger partial charge is 0.170 e. The molecule has 3 N–H and O–H groups in total. The number of thiocarbonyl (C=S) groups is 1. The van der Waals surface area contributed by atoms with E-state index in [1.54, 1.807) is 0 Å². The Morgan fingerprint density at radius 1 is 1.16 bits per heavy atom. The molecule has 0 spiro atoms. The first-order valence-corrected chi connectivity index (χ1v) is 9.41. The van der Waals surface area contributed by atoms with Crippen molar-refractivity contribution in [2.45, 2.75) is 32.2 Å². The van der Waals surface area contributed by atoms with Gasteiger partial charge >= 0.3 is 0 Å². The van der Waals surface area contributed by atoms with Crippen molar-refractivity contribution in [3.05, 3.63) is 30.1 Å². The first-order valence-electron chi connectivity index (χ1n) is 9.00. The molecule has 1 aromatic heterocycles. The summed E-state index contributed by atoms with van der Waals surface area (Å²) in [5.41, 5.74) is 2.08. The Labute approximate surface area is 154 Å². The van der Waals surface area contributed by atoms with Gasteiger partial charge < -0.3 is 20.1 Å². The van der Waals surface area contributed by atoms with Crippen LogP contribution < -0.4 is 15.5 Å². The van der Waals surface area contributed by atoms with E-state index in [0.29, 0.717) is 5.11 Å². The van der Waals surface area contributed by atoms with E-state index in [-0.39, 0.29) is 0 Å². The Morgan fingerprint density at radius 3 is 2.72 bits per heavy atom. The maximum atomic E-state index is 5.34. The van der Waals surface area contributed by atoms with Crippen LogP contribution in [0.2, 0.25) is 0 Å². The molecule has 0 radical (unpaired) electrons. The Hall–Kier alpha value is -1.99. The summed E-state index contributed by atoms with van der Waals surface area (Å²) in [7, 11) is 4.25. The molecule has 1 aromatic carbocycles. The maximum Gasteiger partial charge on any atom is 0.170 e. The summed E-state index contributed by atoms with van der Waals surface area (Å²) < 4.78 is 2.27. The van der Waals surface area contributed by atoms with E-state index in [9.17, 15) is 0 Å². The Kier molecular flexibility index (Phi) is 5.99. The van der Waals surface area contributed by atoms with Crippen molar-refractivity contribution in [3.63, 3.8) is 0 Å². The molecule has 1 aliphatic heterocycles. The van der Waals surface area contributed by atoms with Crippen LogP contribution in [0.5, 0.6) is 0 Å². The van der Waals surface area contributed by atoms with Crippen LogP contribution in [0.15, 0.2) is 24.3 Å². The first-order chi connectivity index (χ1) is 12.1. The second-order valence-corrected chi connectivity index (χ2v) is 7.23. The number of likely N-dealkylation sites (N-methyl/N-ethyl adjacent to an activating group) is 1. The lowest BCUT2D eigenvalue weighted by Crippen LogP contribution is -3.06. The molecule has 0 aliphatic carbocycles. The highest BCUT2D eigenvalue weighted by Gasteiger charge is 2.15. The van der Waals surface area contributed by atoms with Crippen molar-refractivity contribution >= 4 is 23.0 Å². The standard InChI is InChI=1S/C18H26N6S/c1-23(2)13-11-19-18(25)20-15-9-7-14(8-10-15)17-22-21-16-6-4-3-5-12-24(16)17/h7-10H,3-6,11-13H2,1-2H3,(H2,19,20,25)/p+1. The summed E-state index contributed by atoms with van der Waals surface area (Å²) in [4.78, 5) is 1.40. The Balaban J connectivity index is 1.63. The lowest BCUT2D eigenvalue weighted by Gasteiger charge is -2.12. The van der Waals surface area contributed by atoms with Gasteiger partial charge in [0.1, 0.15) is 5.82 Å². The molecule has 2 heterocycles. The van der Waals surface area contributed by atoms with Crippen LogP contribution in [0, 0.1) is 0 Å². The number of hydrogen-bond donors (Lipinski definition) is 3. The molecule has 0 saturated heterocycles. The third-order valence-electron chi connectivity index (χ3n) is 4.42. The normalized spacial score (nSPS) is 14.0. The van der Waals surface area contributed by atoms with Crippen LogP contribution in [0.3, 0.4) is 0 Å². The van der Waals surface area contributed by atoms with Gasteiger partial charge in [0.15, 0.2) is 10.9 Å². The molecule has 7 heteroatoms. The number of nitrogens with one attached hydrogen (secondary N) is 3. The van der Waals surface area contributed by atoms with E-state index in [4.69, 9.17) is 12.2 Å². The van der Waals surface area contributed by atoms with Gasteiger partial charge in [0.05, 0.1) is 27.2 Å². The van der Waals surface area contributed by atoms with Gasteiger partial charge in [-0.1, -0.05) is 6.42 Å². The minimum absolute atomic E-state index is 0.658. The van der Waals surface area contributed by atoms with E-state index in [0.717, 1.165) is 49.0 Å². The molecular weight excluding hydrogens is 332 g/mol. The second-order valence-electron chi connectivity index (χ2n) is 6.82. The largest absolute Gasteiger partial charge is 0.357 e. The van der Waals surface area contributed by atoms with Gasteiger partial charge in [-0.15, -0.1) is 10.2 Å². The zero-order chi connectivity index (χ0) is 17.6. The topological polar surface area (TPSA) is 59.2 Å². The molecule has 0 unspecified atom stereocenters. The number of aryl methyl sites for hydroxylation is 1. The van der Waals surface area contributed by atoms with Crippen LogP contribution >= 0.6 is 12.2 Å². The lowest BCUT2D eigenvalue weighted by atomic mass is 10.2. The summed E-state index contributed by atoms with van der Waals surface area (Å²) in [5.74, 6) is 2.08. The number of aromatic nitrogens is 3. The molecule has 6 nitrogen and oxygen atoms in total. The summed E-state index contributed by atoms with van der Waals surface area (Å²) in [6, 6.07) is 8.24. The van der Waals surface area contributed by atoms with Crippen LogP contribution in [-0.4, -0.2) is 47.1 Å². The van der Waals surface area contributed by atoms with Gasteiger partial charge in [-0.3, -0.25) is 0 Å². The molecule has 3 rings (SSSR count). The number of anilines is 1. The fraction of sp³-hybridized carbons (Fsp3) is 0.500. The average Bonchev–Trinajstić information content (AvgIpc) is 2.83. The molecule has 134 valence electrons. The van der Waals surface area contributed by atoms with Crippen LogP contribution in [0.4, 0.5) is 5.69 Å². The van der Waals surface area contributed by atoms with E-state index in [1.165, 1.54) is 24.2 Å². The monoisotopic (exact) mass is 359 g/mol. The van der Waals surface area contributed by atoms with Gasteiger partial charge in [-0.25, -0.2) is 0 Å². The molecule has 0 atom stereocenters. The highest BCUT2D eigenvalue weighted by atomic mass is 32.1. The Bertz CT molecular complexity index is 707. The third kappa shape index (κ3) is 4.76. The zero-order valence-electron chi connectivity index (χ0n) is 15.0. The minimum atomic E-state index is 0.658. The van der Waals surface area contributed by atoms with Crippen molar-refractivity contribution in [2.75, 3.05) is 32.5 Å². The molecule has 0 saturated carbocycles. The van der Waals surface area contributed by atoms with Gasteiger partial charge in [0.2, 0.25) is 0 Å². The van der Waals surface area contributed by atoms with Crippen molar-refractivity contribution in [1.29, 1.82) is 0 Å². The molecule has 25 heavy (non-hydrogen) atoms. The number of nitrogens with zero attached hydrogens (tertiary/aromatic N) is 3. The fourth-order valence-electron chi connectivity index (χ4n) is 3.00. The van der Waals surface area contributed by atoms with Gasteiger partial charge in [-0.2, -0.15) is 0 Å². The van der Waals surface area contributed by atoms with Crippen LogP contribution in [-0.2, 0) is 13.0 Å². The van der Waals surface area contributed by atoms with Gasteiger partial charge in [-0.05, 0) is 49.3 Å². The van der Waals surface area contributed by atoms with E-state index < -0.39 is 0 Å². The predicted octanol–water partition coefficient (Wildman–Crippen LogP) is 1.10. The molecule has 2 aromatic rings. The number of quaternary nitrogens is 1. The molecule has 0 amide bonds. The van der Waals surface area contributed by atoms with E-state index in [2.05, 4.69) is 51.6 Å². The molecular formula is C18H27N6S+. The van der Waals surface area contributed by atoms with Gasteiger partial charge in [0.25, 0.3) is 0 Å². The van der Waals surface area contributed by atoms with Crippen molar-refractivity contribution in [1.82, 2.24) is 20.1 Å². The van der Waals surface area contributed by atoms with Crippen LogP contribution in [0.25, 0.3) is 11.4 Å². The first kappa shape index (κ1) is 17.8. The summed E-state index contributed by atoms with van der Waals surface area (Å²) in [5, 5.41) is 15.9. The van der Waals surface area contributed by atoms with Crippen molar-refractivity contribution in [3.8, 4) is 11.4 Å². The fourth-order valence-corrected chi connectivity index (χ4v) is 3.22. The van der Waals surface area contributed by atoms with Crippen molar-refractivity contribution < 1.29 is 4.90 Å². The van der Waals surface area contributed by atoms with Crippen LogP contribution in [0.1, 0.15) is 25.1 Å². The lowest BCUT2D eigenvalue weighted by molar-refractivity contribution is -0.856. The number of benzene rings is 1. The summed E-state index contributed by atoms with van der Waals surface area (Å²) in [6.45, 7) is 2.90. The minimum Gasteiger partial charge on any atom is -0.357 e. The van der Waals surface area contributed by atoms with E-state index >= 15 is 0 Å². The predicted molar refractivity (Wildman–Crippen MR) is 105 cm³/mol. The SMILES string of the molecule is C[NH+](C)CCNC(=S)Nc1ccc(-c2nnc3n2CCCCC3)cc1. The second kappa shape index (κ2) is 8.40. The number of rotatable bonds is 5. The third-order valence-corrected chi connectivity index (χ3v) is 4.67. The summed E-state index contributed by atoms with van der Waals surface area (Å²) in [6.07, 6.45) is 4.71. The summed E-state index contributed by atoms with van der Waals surface area (Å²) >= 11 is 5.34. The Morgan fingerprint density at radius 2 is 1.96 bits per heavy atom. The number of fused-ring (bicyclic) bond motifs is 1. The average molecular weight is 360 g/mol.